The summed E-state index contributed by atoms with van der Waals surface area (Å²) in [5.74, 6) is -0.0421. The fourth-order valence-corrected chi connectivity index (χ4v) is 3.68. The van der Waals surface area contributed by atoms with Crippen LogP contribution in [0.15, 0.2) is 103 Å². The van der Waals surface area contributed by atoms with Crippen LogP contribution in [0.1, 0.15) is 21.5 Å². The molecule has 0 heterocycles. The molecular formula is C29H25FN2O3. The largest absolute Gasteiger partial charge is 0.497 e. The molecule has 176 valence electrons. The van der Waals surface area contributed by atoms with Crippen molar-refractivity contribution < 1.29 is 18.7 Å². The molecule has 0 saturated carbocycles. The molecular weight excluding hydrogens is 443 g/mol. The Morgan fingerprint density at radius 3 is 2.17 bits per heavy atom. The Morgan fingerprint density at radius 1 is 0.829 bits per heavy atom. The molecule has 4 aromatic rings. The fraction of sp³-hybridized carbons (Fsp3) is 0.103. The summed E-state index contributed by atoms with van der Waals surface area (Å²) in [4.78, 5) is 27.5. The monoisotopic (exact) mass is 468 g/mol. The summed E-state index contributed by atoms with van der Waals surface area (Å²) in [6.07, 6.45) is 0.127. The van der Waals surface area contributed by atoms with E-state index in [-0.39, 0.29) is 18.2 Å². The van der Waals surface area contributed by atoms with Gasteiger partial charge in [-0.3, -0.25) is 9.59 Å². The topological polar surface area (TPSA) is 58.6 Å². The molecule has 4 rings (SSSR count). The second-order valence-electron chi connectivity index (χ2n) is 8.01. The highest BCUT2D eigenvalue weighted by molar-refractivity contribution is 6.06. The first-order chi connectivity index (χ1) is 17.0. The van der Waals surface area contributed by atoms with Gasteiger partial charge in [0.2, 0.25) is 5.91 Å². The lowest BCUT2D eigenvalue weighted by Crippen LogP contribution is -2.30. The minimum absolute atomic E-state index is 0.127. The molecule has 0 unspecified atom stereocenters. The third-order valence-corrected chi connectivity index (χ3v) is 5.49. The van der Waals surface area contributed by atoms with E-state index >= 15 is 0 Å². The van der Waals surface area contributed by atoms with Gasteiger partial charge in [-0.2, -0.15) is 0 Å². The molecule has 0 spiro atoms. The summed E-state index contributed by atoms with van der Waals surface area (Å²) in [6, 6.07) is 29.7. The first-order valence-electron chi connectivity index (χ1n) is 11.2. The van der Waals surface area contributed by atoms with Gasteiger partial charge in [0.15, 0.2) is 0 Å². The fourth-order valence-electron chi connectivity index (χ4n) is 3.68. The van der Waals surface area contributed by atoms with Crippen molar-refractivity contribution in [3.63, 3.8) is 0 Å². The summed E-state index contributed by atoms with van der Waals surface area (Å²) in [7, 11) is 1.61. The standard InChI is InChI=1S/C29H25FN2O3/c1-35-27-16-12-22(13-17-27)20-32(29(34)23-6-3-2-4-7-23)26-14-10-21(11-15-26)18-28(33)31-25-9-5-8-24(30)19-25/h2-17,19H,18,20H2,1H3,(H,31,33). The van der Waals surface area contributed by atoms with Gasteiger partial charge < -0.3 is 15.0 Å². The minimum Gasteiger partial charge on any atom is -0.497 e. The predicted octanol–water partition coefficient (Wildman–Crippen LogP) is 5.86. The Hall–Kier alpha value is -4.45. The number of nitrogens with zero attached hydrogens (tertiary/aromatic N) is 1. The maximum atomic E-state index is 13.4. The first-order valence-corrected chi connectivity index (χ1v) is 11.2. The number of rotatable bonds is 8. The van der Waals surface area contributed by atoms with Crippen molar-refractivity contribution in [1.82, 2.24) is 0 Å². The van der Waals surface area contributed by atoms with E-state index in [1.165, 1.54) is 12.1 Å². The van der Waals surface area contributed by atoms with Crippen LogP contribution >= 0.6 is 0 Å². The molecule has 0 aliphatic rings. The Kier molecular flexibility index (Phi) is 7.53. The van der Waals surface area contributed by atoms with E-state index in [9.17, 15) is 14.0 Å². The highest BCUT2D eigenvalue weighted by Crippen LogP contribution is 2.23. The van der Waals surface area contributed by atoms with Crippen LogP contribution in [0.5, 0.6) is 5.75 Å². The average Bonchev–Trinajstić information content (AvgIpc) is 2.88. The second-order valence-corrected chi connectivity index (χ2v) is 8.01. The minimum atomic E-state index is -0.410. The van der Waals surface area contributed by atoms with Crippen molar-refractivity contribution in [1.29, 1.82) is 0 Å². The van der Waals surface area contributed by atoms with Gasteiger partial charge in [-0.05, 0) is 65.7 Å². The molecule has 5 nitrogen and oxygen atoms in total. The Bertz CT molecular complexity index is 1290. The van der Waals surface area contributed by atoms with Crippen LogP contribution in [0.3, 0.4) is 0 Å². The number of hydrogen-bond acceptors (Lipinski definition) is 3. The average molecular weight is 469 g/mol. The van der Waals surface area contributed by atoms with Crippen molar-refractivity contribution >= 4 is 23.2 Å². The molecule has 6 heteroatoms. The highest BCUT2D eigenvalue weighted by atomic mass is 19.1. The molecule has 1 N–H and O–H groups in total. The number of nitrogens with one attached hydrogen (secondary N) is 1. The van der Waals surface area contributed by atoms with Crippen LogP contribution in [0.4, 0.5) is 15.8 Å². The van der Waals surface area contributed by atoms with Crippen molar-refractivity contribution in [3.05, 3.63) is 126 Å². The van der Waals surface area contributed by atoms with Gasteiger partial charge in [-0.25, -0.2) is 4.39 Å². The SMILES string of the molecule is COc1ccc(CN(C(=O)c2ccccc2)c2ccc(CC(=O)Nc3cccc(F)c3)cc2)cc1. The van der Waals surface area contributed by atoms with Crippen LogP contribution in [-0.4, -0.2) is 18.9 Å². The molecule has 0 aromatic heterocycles. The number of hydrogen-bond donors (Lipinski definition) is 1. The van der Waals surface area contributed by atoms with E-state index in [1.54, 1.807) is 36.3 Å². The molecule has 0 atom stereocenters. The lowest BCUT2D eigenvalue weighted by atomic mass is 10.1. The van der Waals surface area contributed by atoms with E-state index in [0.717, 1.165) is 16.9 Å². The third-order valence-electron chi connectivity index (χ3n) is 5.49. The Balaban J connectivity index is 1.52. The number of carbonyl (C=O) groups is 2. The molecule has 0 fully saturated rings. The van der Waals surface area contributed by atoms with Gasteiger partial charge in [-0.15, -0.1) is 0 Å². The van der Waals surface area contributed by atoms with E-state index in [4.69, 9.17) is 4.74 Å². The van der Waals surface area contributed by atoms with Crippen molar-refractivity contribution in [2.45, 2.75) is 13.0 Å². The first kappa shape index (κ1) is 23.7. The van der Waals surface area contributed by atoms with Crippen molar-refractivity contribution in [2.24, 2.45) is 0 Å². The normalized spacial score (nSPS) is 10.5. The predicted molar refractivity (Wildman–Crippen MR) is 135 cm³/mol. The van der Waals surface area contributed by atoms with Gasteiger partial charge in [0, 0.05) is 16.9 Å². The molecule has 0 radical (unpaired) electrons. The quantitative estimate of drug-likeness (QED) is 0.352. The summed E-state index contributed by atoms with van der Waals surface area (Å²) in [5.41, 5.74) is 3.43. The molecule has 35 heavy (non-hydrogen) atoms. The zero-order valence-electron chi connectivity index (χ0n) is 19.3. The second kappa shape index (κ2) is 11.1. The number of amides is 2. The number of methoxy groups -OCH3 is 1. The lowest BCUT2D eigenvalue weighted by molar-refractivity contribution is -0.115. The number of ether oxygens (including phenoxy) is 1. The van der Waals surface area contributed by atoms with Crippen LogP contribution in [0.25, 0.3) is 0 Å². The van der Waals surface area contributed by atoms with Crippen LogP contribution in [0.2, 0.25) is 0 Å². The van der Waals surface area contributed by atoms with E-state index in [1.807, 2.05) is 66.7 Å². The molecule has 2 amide bonds. The van der Waals surface area contributed by atoms with Gasteiger partial charge >= 0.3 is 0 Å². The van der Waals surface area contributed by atoms with Gasteiger partial charge in [0.25, 0.3) is 5.91 Å². The van der Waals surface area contributed by atoms with E-state index in [2.05, 4.69) is 5.32 Å². The number of anilines is 2. The summed E-state index contributed by atoms with van der Waals surface area (Å²) in [5, 5.41) is 2.70. The van der Waals surface area contributed by atoms with Crippen LogP contribution < -0.4 is 15.0 Å². The maximum Gasteiger partial charge on any atom is 0.258 e. The zero-order valence-corrected chi connectivity index (χ0v) is 19.3. The maximum absolute atomic E-state index is 13.4. The van der Waals surface area contributed by atoms with Crippen LogP contribution in [0, 0.1) is 5.82 Å². The van der Waals surface area contributed by atoms with E-state index in [0.29, 0.717) is 23.5 Å². The molecule has 4 aromatic carbocycles. The summed E-state index contributed by atoms with van der Waals surface area (Å²) < 4.78 is 18.6. The Labute approximate surface area is 203 Å². The number of carbonyl (C=O) groups excluding carboxylic acids is 2. The third kappa shape index (κ3) is 6.32. The van der Waals surface area contributed by atoms with Gasteiger partial charge in [0.1, 0.15) is 11.6 Å². The molecule has 0 aliphatic heterocycles. The van der Waals surface area contributed by atoms with Gasteiger partial charge in [-0.1, -0.05) is 48.5 Å². The molecule has 0 aliphatic carbocycles. The molecule has 0 bridgehead atoms. The Morgan fingerprint density at radius 2 is 1.51 bits per heavy atom. The number of benzene rings is 4. The van der Waals surface area contributed by atoms with Crippen molar-refractivity contribution in [2.75, 3.05) is 17.3 Å². The zero-order chi connectivity index (χ0) is 24.6. The van der Waals surface area contributed by atoms with E-state index < -0.39 is 5.82 Å². The smallest absolute Gasteiger partial charge is 0.258 e. The molecule has 0 saturated heterocycles. The number of halogens is 1. The highest BCUT2D eigenvalue weighted by Gasteiger charge is 2.18. The summed E-state index contributed by atoms with van der Waals surface area (Å²) >= 11 is 0. The lowest BCUT2D eigenvalue weighted by Gasteiger charge is -2.23. The van der Waals surface area contributed by atoms with Crippen molar-refractivity contribution in [3.8, 4) is 5.75 Å². The summed E-state index contributed by atoms with van der Waals surface area (Å²) in [6.45, 7) is 0.372. The van der Waals surface area contributed by atoms with Crippen LogP contribution in [-0.2, 0) is 17.8 Å². The van der Waals surface area contributed by atoms with Gasteiger partial charge in [0.05, 0.1) is 20.1 Å².